The van der Waals surface area contributed by atoms with Crippen molar-refractivity contribution in [2.45, 2.75) is 31.5 Å². The topological polar surface area (TPSA) is 65.8 Å². The van der Waals surface area contributed by atoms with Gasteiger partial charge in [0.15, 0.2) is 11.4 Å². The van der Waals surface area contributed by atoms with Gasteiger partial charge in [-0.2, -0.15) is 0 Å². The quantitative estimate of drug-likeness (QED) is 0.621. The molecule has 1 unspecified atom stereocenters. The summed E-state index contributed by atoms with van der Waals surface area (Å²) in [5, 5.41) is 12.5. The van der Waals surface area contributed by atoms with Gasteiger partial charge in [0, 0.05) is 25.2 Å². The SMILES string of the molecule is CC1N(C)C(=O)c2c(O)c(=O)ccn2N1C12c3cccc(F)c3CC1Cc1c(F)cccc12. The van der Waals surface area contributed by atoms with Gasteiger partial charge in [0.25, 0.3) is 5.91 Å². The normalized spacial score (nSPS) is 25.0. The standard InChI is InChI=1S/C25H21F2N3O3/c1-13-28(2)24(33)22-23(32)21(31)9-10-29(22)30(13)25-14(11-15-17(25)5-3-7-19(15)26)12-16-18(25)6-4-8-20(16)27/h3-10,13-14,32H,11-12H2,1-2H3. The average Bonchev–Trinajstić information content (AvgIpc) is 3.28. The molecule has 6 nitrogen and oxygen atoms in total. The van der Waals surface area contributed by atoms with E-state index in [1.54, 1.807) is 19.2 Å². The Hall–Kier alpha value is -3.68. The van der Waals surface area contributed by atoms with Gasteiger partial charge in [-0.15, -0.1) is 0 Å². The van der Waals surface area contributed by atoms with Crippen LogP contribution in [0.4, 0.5) is 8.78 Å². The van der Waals surface area contributed by atoms with Crippen molar-refractivity contribution in [2.24, 2.45) is 5.92 Å². The zero-order chi connectivity index (χ0) is 23.2. The fraction of sp³-hybridized carbons (Fsp3) is 0.280. The van der Waals surface area contributed by atoms with E-state index in [-0.39, 0.29) is 23.2 Å². The molecular formula is C25H21F2N3O3. The fourth-order valence-electron chi connectivity index (χ4n) is 6.17. The van der Waals surface area contributed by atoms with Crippen LogP contribution in [-0.4, -0.2) is 33.8 Å². The molecule has 0 saturated heterocycles. The van der Waals surface area contributed by atoms with E-state index in [0.29, 0.717) is 35.1 Å². The first-order chi connectivity index (χ1) is 15.8. The first-order valence-electron chi connectivity index (χ1n) is 10.9. The third-order valence-corrected chi connectivity index (χ3v) is 7.64. The maximum Gasteiger partial charge on any atom is 0.277 e. The van der Waals surface area contributed by atoms with Crippen LogP contribution in [0.25, 0.3) is 0 Å². The molecule has 6 rings (SSSR count). The van der Waals surface area contributed by atoms with Crippen molar-refractivity contribution >= 4 is 5.91 Å². The minimum Gasteiger partial charge on any atom is -0.502 e. The predicted molar refractivity (Wildman–Crippen MR) is 117 cm³/mol. The minimum atomic E-state index is -1.00. The number of halogens is 2. The number of carbonyl (C=O) groups is 1. The molecule has 33 heavy (non-hydrogen) atoms. The zero-order valence-corrected chi connectivity index (χ0v) is 18.0. The van der Waals surface area contributed by atoms with E-state index >= 15 is 0 Å². The number of amides is 1. The third kappa shape index (κ3) is 2.25. The van der Waals surface area contributed by atoms with Crippen molar-refractivity contribution in [3.8, 4) is 5.75 Å². The van der Waals surface area contributed by atoms with Crippen LogP contribution in [0.5, 0.6) is 5.75 Å². The number of hydrogen-bond donors (Lipinski definition) is 1. The Morgan fingerprint density at radius 2 is 1.55 bits per heavy atom. The molecule has 0 fully saturated rings. The van der Waals surface area contributed by atoms with Crippen LogP contribution in [0.15, 0.2) is 53.5 Å². The van der Waals surface area contributed by atoms with Gasteiger partial charge in [-0.25, -0.2) is 8.78 Å². The van der Waals surface area contributed by atoms with Crippen molar-refractivity contribution in [1.82, 2.24) is 9.58 Å². The molecule has 0 bridgehead atoms. The van der Waals surface area contributed by atoms with E-state index in [2.05, 4.69) is 0 Å². The number of pyridine rings is 1. The van der Waals surface area contributed by atoms with E-state index in [9.17, 15) is 23.5 Å². The summed E-state index contributed by atoms with van der Waals surface area (Å²) < 4.78 is 31.5. The number of rotatable bonds is 1. The second-order valence-electron chi connectivity index (χ2n) is 9.02. The first-order valence-corrected chi connectivity index (χ1v) is 10.9. The summed E-state index contributed by atoms with van der Waals surface area (Å²) in [5.74, 6) is -2.01. The Balaban J connectivity index is 1.75. The highest BCUT2D eigenvalue weighted by Crippen LogP contribution is 2.58. The van der Waals surface area contributed by atoms with Crippen LogP contribution >= 0.6 is 0 Å². The Morgan fingerprint density at radius 3 is 2.12 bits per heavy atom. The van der Waals surface area contributed by atoms with Crippen molar-refractivity contribution in [3.63, 3.8) is 0 Å². The molecule has 2 heterocycles. The lowest BCUT2D eigenvalue weighted by Crippen LogP contribution is -2.67. The van der Waals surface area contributed by atoms with Crippen LogP contribution in [0, 0.1) is 17.6 Å². The number of nitrogens with zero attached hydrogens (tertiary/aromatic N) is 3. The van der Waals surface area contributed by atoms with Crippen molar-refractivity contribution in [1.29, 1.82) is 0 Å². The van der Waals surface area contributed by atoms with E-state index < -0.39 is 28.8 Å². The molecule has 3 aromatic rings. The van der Waals surface area contributed by atoms with Crippen LogP contribution in [0.3, 0.4) is 0 Å². The number of fused-ring (bicyclic) bond motifs is 6. The van der Waals surface area contributed by atoms with E-state index in [1.165, 1.54) is 34.0 Å². The molecule has 1 atom stereocenters. The molecule has 2 aliphatic carbocycles. The molecule has 8 heteroatoms. The second-order valence-corrected chi connectivity index (χ2v) is 9.02. The summed E-state index contributed by atoms with van der Waals surface area (Å²) in [4.78, 5) is 26.8. The summed E-state index contributed by atoms with van der Waals surface area (Å²) in [6.07, 6.45) is 1.72. The van der Waals surface area contributed by atoms with Crippen LogP contribution in [-0.2, 0) is 18.4 Å². The average molecular weight is 449 g/mol. The number of benzene rings is 2. The first kappa shape index (κ1) is 20.0. The lowest BCUT2D eigenvalue weighted by Gasteiger charge is -2.53. The molecule has 0 saturated carbocycles. The maximum atomic E-state index is 15.0. The summed E-state index contributed by atoms with van der Waals surface area (Å²) in [6.45, 7) is 1.83. The fourth-order valence-corrected chi connectivity index (χ4v) is 6.17. The Kier molecular flexibility index (Phi) is 3.89. The number of hydrogen-bond acceptors (Lipinski definition) is 4. The van der Waals surface area contributed by atoms with Gasteiger partial charge in [0.2, 0.25) is 5.43 Å². The molecule has 1 aromatic heterocycles. The molecule has 168 valence electrons. The molecule has 1 amide bonds. The van der Waals surface area contributed by atoms with Crippen molar-refractivity contribution < 1.29 is 18.7 Å². The van der Waals surface area contributed by atoms with Gasteiger partial charge in [-0.1, -0.05) is 24.3 Å². The largest absolute Gasteiger partial charge is 0.502 e. The monoisotopic (exact) mass is 449 g/mol. The lowest BCUT2D eigenvalue weighted by atomic mass is 9.81. The number of aromatic hydroxyl groups is 1. The molecule has 3 aliphatic rings. The van der Waals surface area contributed by atoms with Crippen LogP contribution in [0.1, 0.15) is 39.7 Å². The molecule has 1 aliphatic heterocycles. The zero-order valence-electron chi connectivity index (χ0n) is 18.0. The van der Waals surface area contributed by atoms with Crippen LogP contribution in [0.2, 0.25) is 0 Å². The van der Waals surface area contributed by atoms with Gasteiger partial charge in [-0.05, 0) is 54.2 Å². The summed E-state index contributed by atoms with van der Waals surface area (Å²) in [7, 11) is 1.59. The van der Waals surface area contributed by atoms with Crippen molar-refractivity contribution in [2.75, 3.05) is 12.1 Å². The number of aromatic nitrogens is 1. The molecule has 1 N–H and O–H groups in total. The lowest BCUT2D eigenvalue weighted by molar-refractivity contribution is 0.0586. The van der Waals surface area contributed by atoms with E-state index in [0.717, 1.165) is 0 Å². The minimum absolute atomic E-state index is 0.161. The van der Waals surface area contributed by atoms with E-state index in [1.807, 2.05) is 24.1 Å². The molecular weight excluding hydrogens is 428 g/mol. The van der Waals surface area contributed by atoms with Gasteiger partial charge in [-0.3, -0.25) is 19.3 Å². The summed E-state index contributed by atoms with van der Waals surface area (Å²) in [5.41, 5.74) is 0.714. The molecule has 2 aromatic carbocycles. The Bertz CT molecular complexity index is 1360. The van der Waals surface area contributed by atoms with Crippen LogP contribution < -0.4 is 10.4 Å². The van der Waals surface area contributed by atoms with Gasteiger partial charge in [0.1, 0.15) is 23.3 Å². The Labute approximate surface area is 188 Å². The maximum absolute atomic E-state index is 15.0. The molecule has 0 radical (unpaired) electrons. The highest BCUT2D eigenvalue weighted by molar-refractivity contribution is 5.96. The summed E-state index contributed by atoms with van der Waals surface area (Å²) in [6, 6.07) is 11.0. The van der Waals surface area contributed by atoms with Gasteiger partial charge in [0.05, 0.1) is 0 Å². The summed E-state index contributed by atoms with van der Waals surface area (Å²) >= 11 is 0. The number of carbonyl (C=O) groups excluding carboxylic acids is 1. The third-order valence-electron chi connectivity index (χ3n) is 7.64. The highest BCUT2D eigenvalue weighted by Gasteiger charge is 2.61. The Morgan fingerprint density at radius 1 is 0.970 bits per heavy atom. The molecule has 0 spiro atoms. The highest BCUT2D eigenvalue weighted by atomic mass is 19.1. The predicted octanol–water partition coefficient (Wildman–Crippen LogP) is 2.87. The van der Waals surface area contributed by atoms with E-state index in [4.69, 9.17) is 0 Å². The van der Waals surface area contributed by atoms with Crippen molar-refractivity contribution in [3.05, 3.63) is 98.5 Å². The second kappa shape index (κ2) is 6.43. The van der Waals surface area contributed by atoms with Gasteiger partial charge < -0.3 is 10.0 Å². The smallest absolute Gasteiger partial charge is 0.277 e. The van der Waals surface area contributed by atoms with Gasteiger partial charge >= 0.3 is 0 Å².